The largest absolute Gasteiger partial charge is 0.466 e. The van der Waals surface area contributed by atoms with Crippen LogP contribution in [-0.2, 0) is 9.53 Å². The van der Waals surface area contributed by atoms with Gasteiger partial charge in [0, 0.05) is 15.8 Å². The lowest BCUT2D eigenvalue weighted by Gasteiger charge is -2.10. The highest BCUT2D eigenvalue weighted by Crippen LogP contribution is 2.30. The summed E-state index contributed by atoms with van der Waals surface area (Å²) >= 11 is 5.31. The number of halogens is 1. The summed E-state index contributed by atoms with van der Waals surface area (Å²) in [6, 6.07) is 4.25. The second-order valence-corrected chi connectivity index (χ2v) is 6.15. The predicted octanol–water partition coefficient (Wildman–Crippen LogP) is 4.50. The standard InChI is InChI=1S/C14H19BrO2S/c1-4-17-13(16)6-5-7-18-14-10(2)8-12(15)9-11(14)3/h8-9H,4-7H2,1-3H3. The highest BCUT2D eigenvalue weighted by atomic mass is 79.9. The third kappa shape index (κ3) is 5.02. The molecule has 1 rings (SSSR count). The van der Waals surface area contributed by atoms with Crippen LogP contribution in [0, 0.1) is 13.8 Å². The van der Waals surface area contributed by atoms with Crippen LogP contribution in [-0.4, -0.2) is 18.3 Å². The SMILES string of the molecule is CCOC(=O)CCCSc1c(C)cc(Br)cc1C. The number of carbonyl (C=O) groups excluding carboxylic acids is 1. The maximum atomic E-state index is 11.2. The van der Waals surface area contributed by atoms with Crippen LogP contribution in [0.4, 0.5) is 0 Å². The Labute approximate surface area is 122 Å². The Morgan fingerprint density at radius 1 is 1.33 bits per heavy atom. The molecule has 1 aromatic rings. The van der Waals surface area contributed by atoms with Gasteiger partial charge in [0.1, 0.15) is 0 Å². The van der Waals surface area contributed by atoms with Gasteiger partial charge in [-0.3, -0.25) is 4.79 Å². The summed E-state index contributed by atoms with van der Waals surface area (Å²) in [7, 11) is 0. The van der Waals surface area contributed by atoms with E-state index in [-0.39, 0.29) is 5.97 Å². The minimum Gasteiger partial charge on any atom is -0.466 e. The number of esters is 1. The molecule has 0 spiro atoms. The predicted molar refractivity (Wildman–Crippen MR) is 80.2 cm³/mol. The molecular weight excluding hydrogens is 312 g/mol. The summed E-state index contributed by atoms with van der Waals surface area (Å²) < 4.78 is 6.02. The van der Waals surface area contributed by atoms with Crippen LogP contribution < -0.4 is 0 Å². The molecule has 0 fully saturated rings. The Bertz CT molecular complexity index is 395. The molecule has 0 radical (unpaired) electrons. The van der Waals surface area contributed by atoms with Gasteiger partial charge >= 0.3 is 5.97 Å². The molecule has 0 heterocycles. The van der Waals surface area contributed by atoms with Crippen LogP contribution in [0.5, 0.6) is 0 Å². The summed E-state index contributed by atoms with van der Waals surface area (Å²) in [5, 5.41) is 0. The molecule has 100 valence electrons. The summed E-state index contributed by atoms with van der Waals surface area (Å²) in [6.07, 6.45) is 1.37. The van der Waals surface area contributed by atoms with Crippen molar-refractivity contribution in [3.63, 3.8) is 0 Å². The average molecular weight is 331 g/mol. The van der Waals surface area contributed by atoms with Gasteiger partial charge in [0.15, 0.2) is 0 Å². The summed E-state index contributed by atoms with van der Waals surface area (Å²) in [5.74, 6) is 0.852. The number of hydrogen-bond acceptors (Lipinski definition) is 3. The second kappa shape index (κ2) is 7.85. The van der Waals surface area contributed by atoms with E-state index in [1.807, 2.05) is 18.7 Å². The first-order valence-electron chi connectivity index (χ1n) is 6.09. The summed E-state index contributed by atoms with van der Waals surface area (Å²) in [4.78, 5) is 12.5. The van der Waals surface area contributed by atoms with Crippen LogP contribution in [0.1, 0.15) is 30.9 Å². The third-order valence-corrected chi connectivity index (χ3v) is 4.39. The monoisotopic (exact) mass is 330 g/mol. The Kier molecular flexibility index (Phi) is 6.79. The third-order valence-electron chi connectivity index (χ3n) is 2.50. The molecule has 0 aromatic heterocycles. The fourth-order valence-corrected chi connectivity index (χ4v) is 3.50. The zero-order valence-electron chi connectivity index (χ0n) is 11.1. The van der Waals surface area contributed by atoms with E-state index >= 15 is 0 Å². The smallest absolute Gasteiger partial charge is 0.305 e. The number of carbonyl (C=O) groups is 1. The molecule has 0 saturated heterocycles. The van der Waals surface area contributed by atoms with E-state index in [4.69, 9.17) is 4.74 Å². The molecule has 1 aromatic carbocycles. The van der Waals surface area contributed by atoms with Crippen molar-refractivity contribution in [2.45, 2.75) is 38.5 Å². The molecule has 0 aliphatic rings. The van der Waals surface area contributed by atoms with Crippen molar-refractivity contribution in [3.8, 4) is 0 Å². The van der Waals surface area contributed by atoms with Crippen molar-refractivity contribution in [1.82, 2.24) is 0 Å². The first kappa shape index (κ1) is 15.6. The van der Waals surface area contributed by atoms with Gasteiger partial charge in [0.05, 0.1) is 6.61 Å². The minimum atomic E-state index is -0.0950. The van der Waals surface area contributed by atoms with Crippen molar-refractivity contribution < 1.29 is 9.53 Å². The molecule has 0 unspecified atom stereocenters. The minimum absolute atomic E-state index is 0.0950. The van der Waals surface area contributed by atoms with Crippen molar-refractivity contribution >= 4 is 33.7 Å². The first-order chi connectivity index (χ1) is 8.54. The maximum Gasteiger partial charge on any atom is 0.305 e. The zero-order valence-corrected chi connectivity index (χ0v) is 13.5. The second-order valence-electron chi connectivity index (χ2n) is 4.13. The van der Waals surface area contributed by atoms with Crippen molar-refractivity contribution in [3.05, 3.63) is 27.7 Å². The van der Waals surface area contributed by atoms with Crippen molar-refractivity contribution in [2.24, 2.45) is 0 Å². The topological polar surface area (TPSA) is 26.3 Å². The van der Waals surface area contributed by atoms with Gasteiger partial charge in [-0.25, -0.2) is 0 Å². The van der Waals surface area contributed by atoms with Crippen LogP contribution >= 0.6 is 27.7 Å². The zero-order chi connectivity index (χ0) is 13.5. The Morgan fingerprint density at radius 3 is 2.50 bits per heavy atom. The van der Waals surface area contributed by atoms with E-state index in [1.165, 1.54) is 16.0 Å². The average Bonchev–Trinajstić information content (AvgIpc) is 2.27. The molecule has 2 nitrogen and oxygen atoms in total. The number of rotatable bonds is 6. The van der Waals surface area contributed by atoms with Crippen LogP contribution in [0.3, 0.4) is 0 Å². The normalized spacial score (nSPS) is 10.4. The Balaban J connectivity index is 2.42. The number of benzene rings is 1. The maximum absolute atomic E-state index is 11.2. The fraction of sp³-hybridized carbons (Fsp3) is 0.500. The lowest BCUT2D eigenvalue weighted by atomic mass is 10.2. The Hall–Kier alpha value is -0.480. The van der Waals surface area contributed by atoms with Gasteiger partial charge in [-0.1, -0.05) is 15.9 Å². The van der Waals surface area contributed by atoms with Gasteiger partial charge in [-0.15, -0.1) is 11.8 Å². The van der Waals surface area contributed by atoms with E-state index in [9.17, 15) is 4.79 Å². The van der Waals surface area contributed by atoms with Gasteiger partial charge in [-0.05, 0) is 56.2 Å². The molecule has 0 aliphatic carbocycles. The molecule has 0 aliphatic heterocycles. The first-order valence-corrected chi connectivity index (χ1v) is 7.87. The van der Waals surface area contributed by atoms with Crippen molar-refractivity contribution in [2.75, 3.05) is 12.4 Å². The highest BCUT2D eigenvalue weighted by Gasteiger charge is 2.06. The molecule has 0 N–H and O–H groups in total. The van der Waals surface area contributed by atoms with Gasteiger partial charge in [0.25, 0.3) is 0 Å². The van der Waals surface area contributed by atoms with E-state index in [0.29, 0.717) is 13.0 Å². The molecule has 18 heavy (non-hydrogen) atoms. The number of aryl methyl sites for hydroxylation is 2. The van der Waals surface area contributed by atoms with Gasteiger partial charge in [-0.2, -0.15) is 0 Å². The van der Waals surface area contributed by atoms with Crippen LogP contribution in [0.25, 0.3) is 0 Å². The lowest BCUT2D eigenvalue weighted by molar-refractivity contribution is -0.143. The molecule has 0 amide bonds. The number of hydrogen-bond donors (Lipinski definition) is 0. The van der Waals surface area contributed by atoms with Crippen LogP contribution in [0.2, 0.25) is 0 Å². The van der Waals surface area contributed by atoms with E-state index in [0.717, 1.165) is 16.6 Å². The van der Waals surface area contributed by atoms with Crippen molar-refractivity contribution in [1.29, 1.82) is 0 Å². The summed E-state index contributed by atoms with van der Waals surface area (Å²) in [6.45, 7) is 6.54. The molecule has 0 bridgehead atoms. The summed E-state index contributed by atoms with van der Waals surface area (Å²) in [5.41, 5.74) is 2.56. The number of ether oxygens (including phenoxy) is 1. The van der Waals surface area contributed by atoms with E-state index < -0.39 is 0 Å². The van der Waals surface area contributed by atoms with Crippen LogP contribution in [0.15, 0.2) is 21.5 Å². The quantitative estimate of drug-likeness (QED) is 0.436. The van der Waals surface area contributed by atoms with Gasteiger partial charge in [0.2, 0.25) is 0 Å². The Morgan fingerprint density at radius 2 is 1.94 bits per heavy atom. The van der Waals surface area contributed by atoms with Gasteiger partial charge < -0.3 is 4.74 Å². The molecule has 0 atom stereocenters. The molecule has 0 saturated carbocycles. The van der Waals surface area contributed by atoms with E-state index in [1.54, 1.807) is 0 Å². The highest BCUT2D eigenvalue weighted by molar-refractivity contribution is 9.10. The number of thioether (sulfide) groups is 1. The molecule has 4 heteroatoms. The molecular formula is C14H19BrO2S. The fourth-order valence-electron chi connectivity index (χ4n) is 1.75. The van der Waals surface area contributed by atoms with E-state index in [2.05, 4.69) is 41.9 Å². The lowest BCUT2D eigenvalue weighted by Crippen LogP contribution is -2.03.